The number of carbonyl (C=O) groups is 2. The van der Waals surface area contributed by atoms with Crippen molar-refractivity contribution in [3.63, 3.8) is 0 Å². The fraction of sp³-hybridized carbons (Fsp3) is 0.467. The molecule has 0 saturated heterocycles. The quantitative estimate of drug-likeness (QED) is 0.674. The molecule has 6 heteroatoms. The molecule has 0 radical (unpaired) electrons. The van der Waals surface area contributed by atoms with Crippen molar-refractivity contribution < 1.29 is 19.1 Å². The Kier molecular flexibility index (Phi) is 3.89. The maximum absolute atomic E-state index is 12.3. The fourth-order valence-electron chi connectivity index (χ4n) is 2.25. The molecule has 1 aliphatic rings. The minimum atomic E-state index is -1.69. The molecule has 1 aliphatic heterocycles. The lowest BCUT2D eigenvalue weighted by Gasteiger charge is -2.34. The van der Waals surface area contributed by atoms with E-state index in [1.807, 2.05) is 13.8 Å². The van der Waals surface area contributed by atoms with Gasteiger partial charge in [-0.2, -0.15) is 0 Å². The van der Waals surface area contributed by atoms with Crippen LogP contribution in [-0.2, 0) is 14.3 Å². The lowest BCUT2D eigenvalue weighted by molar-refractivity contribution is -0.165. The van der Waals surface area contributed by atoms with Crippen LogP contribution in [0.2, 0.25) is 5.02 Å². The first-order chi connectivity index (χ1) is 9.74. The average molecular weight is 312 g/mol. The SMILES string of the molecule is CCOC(=O)C1(C)Oc2c(C)c(C)c(Cl)c(C)c2NC1=O. The maximum atomic E-state index is 12.3. The zero-order chi connectivity index (χ0) is 15.9. The molecule has 1 aromatic carbocycles. The molecular weight excluding hydrogens is 294 g/mol. The van der Waals surface area contributed by atoms with Gasteiger partial charge in [0, 0.05) is 5.02 Å². The lowest BCUT2D eigenvalue weighted by Crippen LogP contribution is -2.55. The van der Waals surface area contributed by atoms with Crippen molar-refractivity contribution in [1.82, 2.24) is 0 Å². The van der Waals surface area contributed by atoms with Crippen molar-refractivity contribution in [2.24, 2.45) is 0 Å². The zero-order valence-electron chi connectivity index (χ0n) is 12.7. The highest BCUT2D eigenvalue weighted by Crippen LogP contribution is 2.44. The Morgan fingerprint density at radius 2 is 1.90 bits per heavy atom. The van der Waals surface area contributed by atoms with Crippen LogP contribution in [0.1, 0.15) is 30.5 Å². The van der Waals surface area contributed by atoms with Crippen LogP contribution in [0, 0.1) is 20.8 Å². The second-order valence-corrected chi connectivity index (χ2v) is 5.58. The Balaban J connectivity index is 2.58. The van der Waals surface area contributed by atoms with Crippen LogP contribution in [0.25, 0.3) is 0 Å². The van der Waals surface area contributed by atoms with Gasteiger partial charge in [-0.25, -0.2) is 4.79 Å². The molecule has 2 rings (SSSR count). The van der Waals surface area contributed by atoms with Crippen LogP contribution in [0.3, 0.4) is 0 Å². The molecule has 0 spiro atoms. The Bertz CT molecular complexity index is 641. The van der Waals surface area contributed by atoms with Crippen LogP contribution in [0.5, 0.6) is 5.75 Å². The highest BCUT2D eigenvalue weighted by Gasteiger charge is 2.49. The predicted molar refractivity (Wildman–Crippen MR) is 80.0 cm³/mol. The summed E-state index contributed by atoms with van der Waals surface area (Å²) in [4.78, 5) is 24.3. The van der Waals surface area contributed by atoms with Crippen molar-refractivity contribution in [2.45, 2.75) is 40.2 Å². The summed E-state index contributed by atoms with van der Waals surface area (Å²) in [5, 5.41) is 3.30. The highest BCUT2D eigenvalue weighted by molar-refractivity contribution is 6.33. The zero-order valence-corrected chi connectivity index (χ0v) is 13.5. The number of anilines is 1. The third-order valence-electron chi connectivity index (χ3n) is 3.81. The fourth-order valence-corrected chi connectivity index (χ4v) is 2.48. The summed E-state index contributed by atoms with van der Waals surface area (Å²) in [5.41, 5.74) is 1.18. The summed E-state index contributed by atoms with van der Waals surface area (Å²) in [7, 11) is 0. The molecular formula is C15H18ClNO4. The van der Waals surface area contributed by atoms with Crippen LogP contribution < -0.4 is 10.1 Å². The number of nitrogens with one attached hydrogen (secondary N) is 1. The second kappa shape index (κ2) is 5.22. The molecule has 1 atom stereocenters. The summed E-state index contributed by atoms with van der Waals surface area (Å²) in [6.07, 6.45) is 0. The maximum Gasteiger partial charge on any atom is 0.360 e. The van der Waals surface area contributed by atoms with E-state index in [-0.39, 0.29) is 6.61 Å². The summed E-state index contributed by atoms with van der Waals surface area (Å²) in [6.45, 7) is 8.76. The Morgan fingerprint density at radius 1 is 1.29 bits per heavy atom. The van der Waals surface area contributed by atoms with E-state index < -0.39 is 17.5 Å². The number of carbonyl (C=O) groups excluding carboxylic acids is 2. The first kappa shape index (κ1) is 15.6. The summed E-state index contributed by atoms with van der Waals surface area (Å²) < 4.78 is 10.7. The minimum Gasteiger partial charge on any atom is -0.463 e. The lowest BCUT2D eigenvalue weighted by atomic mass is 9.97. The van der Waals surface area contributed by atoms with E-state index in [1.54, 1.807) is 13.8 Å². The Hall–Kier alpha value is -1.75. The standard InChI is InChI=1S/C15H18ClNO4/c1-6-20-14(19)15(5)13(18)17-11-9(4)10(16)7(2)8(3)12(11)21-15/h6H2,1-5H3,(H,17,18). The van der Waals surface area contributed by atoms with E-state index in [0.29, 0.717) is 22.0 Å². The van der Waals surface area contributed by atoms with Crippen LogP contribution in [-0.4, -0.2) is 24.1 Å². The van der Waals surface area contributed by atoms with Crippen molar-refractivity contribution in [1.29, 1.82) is 0 Å². The van der Waals surface area contributed by atoms with Crippen molar-refractivity contribution in [3.05, 3.63) is 21.7 Å². The second-order valence-electron chi connectivity index (χ2n) is 5.20. The summed E-state index contributed by atoms with van der Waals surface area (Å²) >= 11 is 6.25. The highest BCUT2D eigenvalue weighted by atomic mass is 35.5. The minimum absolute atomic E-state index is 0.176. The number of fused-ring (bicyclic) bond motifs is 1. The van der Waals surface area contributed by atoms with E-state index in [0.717, 1.165) is 11.1 Å². The van der Waals surface area contributed by atoms with Crippen LogP contribution in [0.4, 0.5) is 5.69 Å². The molecule has 1 unspecified atom stereocenters. The van der Waals surface area contributed by atoms with E-state index in [9.17, 15) is 9.59 Å². The summed E-state index contributed by atoms with van der Waals surface area (Å²) in [6, 6.07) is 0. The number of hydrogen-bond donors (Lipinski definition) is 1. The van der Waals surface area contributed by atoms with Gasteiger partial charge >= 0.3 is 5.97 Å². The monoisotopic (exact) mass is 311 g/mol. The predicted octanol–water partition coefficient (Wildman–Crippen LogP) is 2.92. The number of esters is 1. The van der Waals surface area contributed by atoms with Crippen LogP contribution in [0.15, 0.2) is 0 Å². The smallest absolute Gasteiger partial charge is 0.360 e. The number of rotatable bonds is 2. The Morgan fingerprint density at radius 3 is 2.48 bits per heavy atom. The first-order valence-corrected chi connectivity index (χ1v) is 7.08. The van der Waals surface area contributed by atoms with Gasteiger partial charge in [-0.1, -0.05) is 11.6 Å². The van der Waals surface area contributed by atoms with Gasteiger partial charge in [-0.05, 0) is 51.3 Å². The normalized spacial score (nSPS) is 20.4. The molecule has 0 bridgehead atoms. The average Bonchev–Trinajstić information content (AvgIpc) is 2.45. The molecule has 1 N–H and O–H groups in total. The molecule has 0 aliphatic carbocycles. The Labute approximate surface area is 128 Å². The number of benzene rings is 1. The molecule has 1 aromatic rings. The third-order valence-corrected chi connectivity index (χ3v) is 4.37. The molecule has 0 aromatic heterocycles. The largest absolute Gasteiger partial charge is 0.463 e. The molecule has 0 fully saturated rings. The van der Waals surface area contributed by atoms with Gasteiger partial charge in [-0.15, -0.1) is 0 Å². The van der Waals surface area contributed by atoms with Gasteiger partial charge < -0.3 is 14.8 Å². The first-order valence-electron chi connectivity index (χ1n) is 6.71. The van der Waals surface area contributed by atoms with Crippen LogP contribution >= 0.6 is 11.6 Å². The van der Waals surface area contributed by atoms with Gasteiger partial charge in [0.1, 0.15) is 5.75 Å². The number of ether oxygens (including phenoxy) is 2. The molecule has 114 valence electrons. The van der Waals surface area contributed by atoms with E-state index in [1.165, 1.54) is 6.92 Å². The summed E-state index contributed by atoms with van der Waals surface area (Å²) in [5.74, 6) is -0.807. The van der Waals surface area contributed by atoms with Gasteiger partial charge in [0.2, 0.25) is 0 Å². The molecule has 5 nitrogen and oxygen atoms in total. The number of amides is 1. The molecule has 1 amide bonds. The molecule has 1 heterocycles. The van der Waals surface area contributed by atoms with Gasteiger partial charge in [-0.3, -0.25) is 4.79 Å². The van der Waals surface area contributed by atoms with Crippen molar-refractivity contribution in [2.75, 3.05) is 11.9 Å². The third kappa shape index (κ3) is 2.25. The number of hydrogen-bond acceptors (Lipinski definition) is 4. The van der Waals surface area contributed by atoms with E-state index in [4.69, 9.17) is 21.1 Å². The van der Waals surface area contributed by atoms with Crippen molar-refractivity contribution >= 4 is 29.2 Å². The van der Waals surface area contributed by atoms with Gasteiger partial charge in [0.15, 0.2) is 0 Å². The number of halogens is 1. The van der Waals surface area contributed by atoms with Gasteiger partial charge in [0.25, 0.3) is 11.5 Å². The topological polar surface area (TPSA) is 64.6 Å². The van der Waals surface area contributed by atoms with E-state index >= 15 is 0 Å². The van der Waals surface area contributed by atoms with Crippen molar-refractivity contribution in [3.8, 4) is 5.75 Å². The van der Waals surface area contributed by atoms with Gasteiger partial charge in [0.05, 0.1) is 12.3 Å². The molecule has 0 saturated carbocycles. The van der Waals surface area contributed by atoms with E-state index in [2.05, 4.69) is 5.32 Å². The molecule has 21 heavy (non-hydrogen) atoms.